The molecule has 98 heavy (non-hydrogen) atoms. The molecular weight excluding hydrogens is 1420 g/mol. The molecule has 6 aliphatic heterocycles. The number of likely N-dealkylation sites (tertiary alicyclic amines) is 5. The minimum Gasteiger partial charge on any atom is -0.466 e. The van der Waals surface area contributed by atoms with Gasteiger partial charge in [-0.3, -0.25) is 57.7 Å². The number of nitrogens with zero attached hydrogens (tertiary/aromatic N) is 18. The van der Waals surface area contributed by atoms with Gasteiger partial charge in [-0.1, -0.05) is 67.6 Å². The molecule has 0 spiro atoms. The summed E-state index contributed by atoms with van der Waals surface area (Å²) in [5.41, 5.74) is 36.3. The summed E-state index contributed by atoms with van der Waals surface area (Å²) in [4.78, 5) is 161. The van der Waals surface area contributed by atoms with Crippen molar-refractivity contribution in [3.05, 3.63) is 60.1 Å². The zero-order chi connectivity index (χ0) is 74.7. The number of ketones is 1. The van der Waals surface area contributed by atoms with Gasteiger partial charge in [-0.15, -0.1) is 5.06 Å². The summed E-state index contributed by atoms with van der Waals surface area (Å²) in [6, 6.07) is 0. The average molecular weight is 1520 g/mol. The Morgan fingerprint density at radius 2 is 0.776 bits per heavy atom. The van der Waals surface area contributed by atoms with E-state index in [4.69, 9.17) is 46.7 Å². The maximum absolute atomic E-state index is 12.3. The van der Waals surface area contributed by atoms with Gasteiger partial charge in [0.25, 0.3) is 11.8 Å². The van der Waals surface area contributed by atoms with Crippen molar-refractivity contribution < 1.29 is 106 Å². The van der Waals surface area contributed by atoms with Gasteiger partial charge in [0.1, 0.15) is 28.6 Å². The molecule has 34 nitrogen and oxygen atoms in total. The van der Waals surface area contributed by atoms with Gasteiger partial charge in [-0.2, -0.15) is 0 Å². The van der Waals surface area contributed by atoms with Crippen molar-refractivity contribution in [1.29, 1.82) is 0 Å². The first-order chi connectivity index (χ1) is 45.2. The van der Waals surface area contributed by atoms with Crippen LogP contribution in [0.25, 0.3) is 47.3 Å². The van der Waals surface area contributed by atoms with E-state index in [1.165, 1.54) is 16.7 Å². The molecule has 6 saturated heterocycles. The number of Topliss-reactive ketones (excluding diaryl/α,β-unsaturated/α-hetero) is 1. The number of alkyl halides is 2. The van der Waals surface area contributed by atoms with E-state index in [1.54, 1.807) is 102 Å². The molecule has 4 atom stereocenters. The number of esters is 3. The van der Waals surface area contributed by atoms with Gasteiger partial charge in [0.05, 0.1) is 41.0 Å². The van der Waals surface area contributed by atoms with E-state index >= 15 is 0 Å². The van der Waals surface area contributed by atoms with Gasteiger partial charge >= 0.3 is 53.4 Å². The smallest absolute Gasteiger partial charge is 0.466 e. The molecule has 0 radical (unpaired) electrons. The van der Waals surface area contributed by atoms with Crippen LogP contribution in [-0.2, 0) is 76.6 Å². The van der Waals surface area contributed by atoms with Crippen LogP contribution in [0, 0.1) is 21.7 Å². The monoisotopic (exact) mass is 1520 g/mol. The van der Waals surface area contributed by atoms with Crippen LogP contribution in [-0.4, -0.2) is 181 Å². The van der Waals surface area contributed by atoms with E-state index in [0.717, 1.165) is 38.8 Å². The van der Waals surface area contributed by atoms with Gasteiger partial charge in [0.2, 0.25) is 29.5 Å². The molecule has 0 aromatic rings. The molecule has 0 N–H and O–H groups in total. The number of hydrogen-bond donors (Lipinski definition) is 0. The van der Waals surface area contributed by atoms with Crippen molar-refractivity contribution in [3.8, 4) is 0 Å². The second-order valence-electron chi connectivity index (χ2n) is 25.7. The fourth-order valence-electron chi connectivity index (χ4n) is 9.71. The van der Waals surface area contributed by atoms with Crippen LogP contribution in [0.3, 0.4) is 0 Å². The molecule has 542 valence electrons. The second kappa shape index (κ2) is 45.6. The van der Waals surface area contributed by atoms with Gasteiger partial charge in [-0.05, 0) is 164 Å². The Morgan fingerprint density at radius 3 is 1.03 bits per heavy atom. The zero-order valence-electron chi connectivity index (χ0n) is 59.4. The molecule has 6 rings (SSSR count). The number of rotatable bonds is 25. The van der Waals surface area contributed by atoms with Crippen LogP contribution >= 0.6 is 31.9 Å². The number of azide groups is 3. The van der Waals surface area contributed by atoms with Gasteiger partial charge in [0.15, 0.2) is 0 Å². The average Bonchev–Trinajstić information content (AvgIpc) is 1.65. The zero-order valence-corrected chi connectivity index (χ0v) is 64.6. The number of carbonyl (C=O) groups is 12. The summed E-state index contributed by atoms with van der Waals surface area (Å²) in [5.74, 6) is -2.47. The van der Waals surface area contributed by atoms with Gasteiger partial charge in [-0.25, -0.2) is 4.79 Å². The fourth-order valence-corrected chi connectivity index (χ4v) is 11.1. The van der Waals surface area contributed by atoms with E-state index in [2.05, 4.69) is 68.5 Å². The Kier molecular flexibility index (Phi) is 43.3. The molecule has 0 bridgehead atoms. The Hall–Kier alpha value is -7.02. The van der Waals surface area contributed by atoms with Crippen LogP contribution in [0.1, 0.15) is 200 Å². The normalized spacial score (nSPS) is 17.0. The van der Waals surface area contributed by atoms with E-state index in [1.807, 2.05) is 13.8 Å². The summed E-state index contributed by atoms with van der Waals surface area (Å²) in [7, 11) is 0. The first-order valence-corrected chi connectivity index (χ1v) is 33.5. The maximum Gasteiger partial charge on any atom is 1.00 e. The van der Waals surface area contributed by atoms with Crippen LogP contribution in [0.4, 0.5) is 0 Å². The van der Waals surface area contributed by atoms with E-state index < -0.39 is 62.3 Å². The van der Waals surface area contributed by atoms with Crippen LogP contribution < -0.4 is 29.6 Å². The number of halogens is 2. The van der Waals surface area contributed by atoms with E-state index in [9.17, 15) is 57.5 Å². The molecule has 7 amide bonds. The number of hydroxylamine groups is 2. The van der Waals surface area contributed by atoms with Crippen LogP contribution in [0.15, 0.2) is 28.1 Å². The Balaban J connectivity index is 0. The van der Waals surface area contributed by atoms with E-state index in [0.29, 0.717) is 95.9 Å². The first-order valence-electron chi connectivity index (χ1n) is 31.8. The number of ether oxygens (including phenoxy) is 3. The third-order valence-corrected chi connectivity index (χ3v) is 16.7. The predicted octanol–water partition coefficient (Wildman–Crippen LogP) is 8.40. The predicted molar refractivity (Wildman–Crippen MR) is 361 cm³/mol. The summed E-state index contributed by atoms with van der Waals surface area (Å²) >= 11 is 6.67. The molecule has 6 aliphatic rings. The minimum atomic E-state index is -1.16. The molecule has 0 aromatic heterocycles. The van der Waals surface area contributed by atoms with E-state index in [-0.39, 0.29) is 113 Å². The number of hydrogen-bond acceptors (Lipinski definition) is 19. The summed E-state index contributed by atoms with van der Waals surface area (Å²) in [6.45, 7) is 32.1. The summed E-state index contributed by atoms with van der Waals surface area (Å²) in [6.07, 6.45) is 7.61. The van der Waals surface area contributed by atoms with Crippen LogP contribution in [0.2, 0.25) is 0 Å². The Bertz CT molecular complexity index is 2940. The molecular formula is C61H97Br2N18NaO16. The van der Waals surface area contributed by atoms with Crippen molar-refractivity contribution in [1.82, 2.24) is 29.6 Å². The van der Waals surface area contributed by atoms with Crippen molar-refractivity contribution >= 4 is 103 Å². The number of amides is 7. The summed E-state index contributed by atoms with van der Waals surface area (Å²) < 4.78 is 14.2. The van der Waals surface area contributed by atoms with Crippen molar-refractivity contribution in [3.63, 3.8) is 0 Å². The maximum atomic E-state index is 12.3. The van der Waals surface area contributed by atoms with Crippen molar-refractivity contribution in [2.24, 2.45) is 37.0 Å². The third kappa shape index (κ3) is 32.3. The minimum absolute atomic E-state index is 0. The topological polar surface area (TPSA) is 466 Å². The van der Waals surface area contributed by atoms with Crippen molar-refractivity contribution in [2.45, 2.75) is 227 Å². The fraction of sp³-hybridized carbons (Fsp3) is 0.770. The number of imide groups is 1. The molecule has 0 aromatic carbocycles. The van der Waals surface area contributed by atoms with Gasteiger partial charge < -0.3 is 54.6 Å². The van der Waals surface area contributed by atoms with Crippen LogP contribution in [0.5, 0.6) is 0 Å². The largest absolute Gasteiger partial charge is 1.00 e. The molecule has 6 heterocycles. The van der Waals surface area contributed by atoms with Gasteiger partial charge in [0, 0.05) is 97.8 Å². The Morgan fingerprint density at radius 1 is 0.480 bits per heavy atom. The first kappa shape index (κ1) is 93.0. The van der Waals surface area contributed by atoms with Crippen molar-refractivity contribution in [2.75, 3.05) is 52.5 Å². The summed E-state index contributed by atoms with van der Waals surface area (Å²) in [5, 5.41) is 11.4. The number of carbonyl (C=O) groups excluding carboxylic acids is 12. The quantitative estimate of drug-likeness (QED) is 0.00952. The molecule has 4 unspecified atom stereocenters. The molecule has 37 heteroatoms. The molecule has 0 saturated carbocycles. The second-order valence-corrected chi connectivity index (χ2v) is 28.8. The SMILES string of the molecule is C=CN1CCCC1=O.CC(=O)C(C)(C)CC(N=[N+]=[N-])N1CCCC1=O.CC(C)(CC(N=[N+]=[N-])N1CCCC1=O)C(=O)ON1C(=O)CCC1=O.CCOC(=O)C(C)(C)Br.CCOC(=O)C(C)(C)CC(Br)N1CCCC1=O.CCOC(=O)C(C)(C)CC(N=[N+]=[N-])N1CCCC1=O.[N-]=[N+]=[N-].[Na+]. The third-order valence-electron chi connectivity index (χ3n) is 15.6. The molecule has 0 aliphatic carbocycles. The molecule has 6 fully saturated rings. The Labute approximate surface area is 611 Å². The standard InChI is InChI=1S/C14H19N5O5.C12H20BrNO3.C12H20N4O3.C11H18N4O2.C6H11BrO2.C6H9NO.N3.Na/c1-14(2,13(23)24-19-11(21)5-6-12(19)22)8-9(16-17-15)18-7-3-4-10(18)20;1-4-17-11(16)12(2,3)8-9(13)14-7-5-6-10(14)15;1-4-19-11(18)12(2,3)8-9(14-15-13)16-7-5-6-10(16)17;1-8(16)11(2,3)7-9(13-14-12)15-6-4-5-10(15)17;1-4-9-5(8)6(2,3)7;1-2-7-5-3-4-6(7)8;1-3-2;/h9H,3-8H2,1-2H3;9H,4-8H2,1-3H3;9H,4-8H2,1-3H3;9H,4-7H2,1-3H3;4H2,1-3H3;2H,1,3-5H2;;/q;;;;;;-1;+1.